The van der Waals surface area contributed by atoms with Crippen LogP contribution < -0.4 is 0 Å². The van der Waals surface area contributed by atoms with Gasteiger partial charge in [0.15, 0.2) is 0 Å². The molecule has 2 atom stereocenters. The van der Waals surface area contributed by atoms with Gasteiger partial charge in [-0.05, 0) is 40.5 Å². The first kappa shape index (κ1) is 13.9. The minimum Gasteiger partial charge on any atom is -0.379 e. The first-order chi connectivity index (χ1) is 6.70. The summed E-state index contributed by atoms with van der Waals surface area (Å²) in [6.07, 6.45) is 5.68. The Labute approximate surface area is 89.0 Å². The molecule has 0 aliphatic carbocycles. The standard InChI is InChI=1S/C12H26O2/c1-5-13-11(3)9-7-8-10-12(4)14-6-2/h11-12H,5-10H2,1-4H3. The molecular formula is C12H26O2. The van der Waals surface area contributed by atoms with E-state index in [2.05, 4.69) is 13.8 Å². The number of hydrogen-bond acceptors (Lipinski definition) is 2. The maximum absolute atomic E-state index is 5.47. The zero-order chi connectivity index (χ0) is 10.8. The molecule has 86 valence electrons. The summed E-state index contributed by atoms with van der Waals surface area (Å²) in [5.41, 5.74) is 0. The normalized spacial score (nSPS) is 15.4. The Hall–Kier alpha value is -0.0800. The molecule has 0 amide bonds. The summed E-state index contributed by atoms with van der Waals surface area (Å²) in [5.74, 6) is 0. The molecule has 0 fully saturated rings. The number of rotatable bonds is 9. The molecule has 0 bridgehead atoms. The van der Waals surface area contributed by atoms with Gasteiger partial charge in [0.05, 0.1) is 12.2 Å². The van der Waals surface area contributed by atoms with Crippen LogP contribution in [0.5, 0.6) is 0 Å². The van der Waals surface area contributed by atoms with Crippen LogP contribution in [-0.4, -0.2) is 25.4 Å². The van der Waals surface area contributed by atoms with Gasteiger partial charge in [0.2, 0.25) is 0 Å². The van der Waals surface area contributed by atoms with Crippen molar-refractivity contribution in [3.8, 4) is 0 Å². The average Bonchev–Trinajstić information content (AvgIpc) is 2.13. The molecule has 2 heteroatoms. The molecule has 0 saturated carbocycles. The quantitative estimate of drug-likeness (QED) is 0.533. The van der Waals surface area contributed by atoms with Crippen LogP contribution in [0.15, 0.2) is 0 Å². The van der Waals surface area contributed by atoms with E-state index in [0.29, 0.717) is 12.2 Å². The average molecular weight is 202 g/mol. The second kappa shape index (κ2) is 9.47. The lowest BCUT2D eigenvalue weighted by Gasteiger charge is -2.13. The molecule has 2 unspecified atom stereocenters. The fourth-order valence-corrected chi connectivity index (χ4v) is 1.60. The van der Waals surface area contributed by atoms with Crippen molar-refractivity contribution in [3.63, 3.8) is 0 Å². The highest BCUT2D eigenvalue weighted by Gasteiger charge is 2.03. The van der Waals surface area contributed by atoms with Crippen LogP contribution >= 0.6 is 0 Å². The summed E-state index contributed by atoms with van der Waals surface area (Å²) < 4.78 is 10.9. The van der Waals surface area contributed by atoms with E-state index in [-0.39, 0.29) is 0 Å². The van der Waals surface area contributed by atoms with Crippen LogP contribution in [0.25, 0.3) is 0 Å². The summed E-state index contributed by atoms with van der Waals surface area (Å²) in [6, 6.07) is 0. The van der Waals surface area contributed by atoms with Gasteiger partial charge in [-0.1, -0.05) is 12.8 Å². The molecule has 2 nitrogen and oxygen atoms in total. The van der Waals surface area contributed by atoms with Crippen LogP contribution in [0, 0.1) is 0 Å². The largest absolute Gasteiger partial charge is 0.379 e. The van der Waals surface area contributed by atoms with Crippen molar-refractivity contribution in [3.05, 3.63) is 0 Å². The fourth-order valence-electron chi connectivity index (χ4n) is 1.60. The summed E-state index contributed by atoms with van der Waals surface area (Å²) in [4.78, 5) is 0. The third kappa shape index (κ3) is 8.52. The van der Waals surface area contributed by atoms with E-state index in [1.807, 2.05) is 13.8 Å². The van der Waals surface area contributed by atoms with Crippen molar-refractivity contribution < 1.29 is 9.47 Å². The number of hydrogen-bond donors (Lipinski definition) is 0. The maximum atomic E-state index is 5.47. The van der Waals surface area contributed by atoms with E-state index in [1.165, 1.54) is 25.7 Å². The van der Waals surface area contributed by atoms with E-state index >= 15 is 0 Å². The molecular weight excluding hydrogens is 176 g/mol. The SMILES string of the molecule is CCOC(C)CCCCC(C)OCC. The summed E-state index contributed by atoms with van der Waals surface area (Å²) in [6.45, 7) is 10.1. The van der Waals surface area contributed by atoms with Gasteiger partial charge in [-0.3, -0.25) is 0 Å². The molecule has 0 aromatic rings. The van der Waals surface area contributed by atoms with Gasteiger partial charge in [0, 0.05) is 13.2 Å². The minimum atomic E-state index is 0.419. The van der Waals surface area contributed by atoms with Gasteiger partial charge in [-0.15, -0.1) is 0 Å². The van der Waals surface area contributed by atoms with Gasteiger partial charge < -0.3 is 9.47 Å². The maximum Gasteiger partial charge on any atom is 0.0546 e. The highest BCUT2D eigenvalue weighted by molar-refractivity contribution is 4.54. The van der Waals surface area contributed by atoms with Crippen molar-refractivity contribution >= 4 is 0 Å². The van der Waals surface area contributed by atoms with E-state index < -0.39 is 0 Å². The molecule has 14 heavy (non-hydrogen) atoms. The third-order valence-electron chi connectivity index (χ3n) is 2.37. The Kier molecular flexibility index (Phi) is 9.42. The smallest absolute Gasteiger partial charge is 0.0546 e. The van der Waals surface area contributed by atoms with E-state index in [4.69, 9.17) is 9.47 Å². The molecule has 0 rings (SSSR count). The van der Waals surface area contributed by atoms with Gasteiger partial charge in [-0.25, -0.2) is 0 Å². The summed E-state index contributed by atoms with van der Waals surface area (Å²) >= 11 is 0. The highest BCUT2D eigenvalue weighted by Crippen LogP contribution is 2.09. The van der Waals surface area contributed by atoms with Gasteiger partial charge in [0.1, 0.15) is 0 Å². The van der Waals surface area contributed by atoms with Gasteiger partial charge in [-0.2, -0.15) is 0 Å². The van der Waals surface area contributed by atoms with Crippen molar-refractivity contribution in [2.45, 2.75) is 65.6 Å². The Bertz CT molecular complexity index is 101. The zero-order valence-electron chi connectivity index (χ0n) is 10.2. The summed E-state index contributed by atoms with van der Waals surface area (Å²) in [5, 5.41) is 0. The molecule has 0 aromatic heterocycles. The third-order valence-corrected chi connectivity index (χ3v) is 2.37. The van der Waals surface area contributed by atoms with E-state index in [9.17, 15) is 0 Å². The Morgan fingerprint density at radius 1 is 0.786 bits per heavy atom. The molecule has 0 radical (unpaired) electrons. The van der Waals surface area contributed by atoms with Crippen molar-refractivity contribution in [1.29, 1.82) is 0 Å². The van der Waals surface area contributed by atoms with Crippen LogP contribution in [0.4, 0.5) is 0 Å². The Balaban J connectivity index is 3.19. The molecule has 0 spiro atoms. The van der Waals surface area contributed by atoms with Crippen LogP contribution in [0.3, 0.4) is 0 Å². The molecule has 0 aliphatic heterocycles. The second-order valence-electron chi connectivity index (χ2n) is 3.82. The van der Waals surface area contributed by atoms with Crippen molar-refractivity contribution in [2.75, 3.05) is 13.2 Å². The first-order valence-corrected chi connectivity index (χ1v) is 5.93. The zero-order valence-corrected chi connectivity index (χ0v) is 10.2. The van der Waals surface area contributed by atoms with Gasteiger partial charge >= 0.3 is 0 Å². The van der Waals surface area contributed by atoms with Gasteiger partial charge in [0.25, 0.3) is 0 Å². The number of ether oxygens (including phenoxy) is 2. The minimum absolute atomic E-state index is 0.419. The van der Waals surface area contributed by atoms with E-state index in [0.717, 1.165) is 13.2 Å². The predicted octanol–water partition coefficient (Wildman–Crippen LogP) is 3.40. The van der Waals surface area contributed by atoms with Crippen molar-refractivity contribution in [1.82, 2.24) is 0 Å². The van der Waals surface area contributed by atoms with E-state index in [1.54, 1.807) is 0 Å². The highest BCUT2D eigenvalue weighted by atomic mass is 16.5. The Morgan fingerprint density at radius 3 is 1.43 bits per heavy atom. The lowest BCUT2D eigenvalue weighted by molar-refractivity contribution is 0.0582. The molecule has 0 heterocycles. The van der Waals surface area contributed by atoms with Crippen LogP contribution in [0.1, 0.15) is 53.4 Å². The summed E-state index contributed by atoms with van der Waals surface area (Å²) in [7, 11) is 0. The molecule has 0 N–H and O–H groups in total. The van der Waals surface area contributed by atoms with Crippen molar-refractivity contribution in [2.24, 2.45) is 0 Å². The molecule has 0 saturated heterocycles. The first-order valence-electron chi connectivity index (χ1n) is 5.93. The number of unbranched alkanes of at least 4 members (excludes halogenated alkanes) is 1. The molecule has 0 aromatic carbocycles. The van der Waals surface area contributed by atoms with Crippen LogP contribution in [0.2, 0.25) is 0 Å². The van der Waals surface area contributed by atoms with Crippen LogP contribution in [-0.2, 0) is 9.47 Å². The predicted molar refractivity (Wildman–Crippen MR) is 60.6 cm³/mol. The lowest BCUT2D eigenvalue weighted by Crippen LogP contribution is -2.10. The second-order valence-corrected chi connectivity index (χ2v) is 3.82. The fraction of sp³-hybridized carbons (Fsp3) is 1.00. The Morgan fingerprint density at radius 2 is 1.14 bits per heavy atom. The topological polar surface area (TPSA) is 18.5 Å². The monoisotopic (exact) mass is 202 g/mol. The lowest BCUT2D eigenvalue weighted by atomic mass is 10.1. The molecule has 0 aliphatic rings.